The lowest BCUT2D eigenvalue weighted by Gasteiger charge is -2.23. The van der Waals surface area contributed by atoms with Crippen molar-refractivity contribution >= 4 is 0 Å². The summed E-state index contributed by atoms with van der Waals surface area (Å²) in [6.45, 7) is 7.50. The molecule has 90 valence electrons. The minimum atomic E-state index is 0.738. The van der Waals surface area contributed by atoms with Crippen LogP contribution in [0.4, 0.5) is 0 Å². The fourth-order valence-corrected chi connectivity index (χ4v) is 1.85. The first-order chi connectivity index (χ1) is 7.43. The third-order valence-corrected chi connectivity index (χ3v) is 2.88. The third-order valence-electron chi connectivity index (χ3n) is 2.88. The van der Waals surface area contributed by atoms with Crippen LogP contribution in [-0.2, 0) is 4.74 Å². The van der Waals surface area contributed by atoms with Crippen molar-refractivity contribution in [3.05, 3.63) is 0 Å². The summed E-state index contributed by atoms with van der Waals surface area (Å²) in [5.74, 6) is 0. The van der Waals surface area contributed by atoms with Crippen molar-refractivity contribution in [2.45, 2.75) is 45.1 Å². The van der Waals surface area contributed by atoms with E-state index >= 15 is 0 Å². The van der Waals surface area contributed by atoms with Gasteiger partial charge in [0.05, 0.1) is 0 Å². The Labute approximate surface area is 94.0 Å². The van der Waals surface area contributed by atoms with Crippen LogP contribution < -0.4 is 10.6 Å². The lowest BCUT2D eigenvalue weighted by atomic mass is 10.1. The van der Waals surface area contributed by atoms with Gasteiger partial charge in [0, 0.05) is 19.3 Å². The number of unbranched alkanes of at least 4 members (excludes halogenated alkanes) is 1. The van der Waals surface area contributed by atoms with Crippen LogP contribution in [0.15, 0.2) is 0 Å². The number of piperidine rings is 1. The minimum absolute atomic E-state index is 0.738. The van der Waals surface area contributed by atoms with Crippen molar-refractivity contribution in [2.24, 2.45) is 0 Å². The molecule has 0 aliphatic carbocycles. The standard InChI is InChI=1S/C12H26N2O/c1-2-3-10-15-11-4-7-14-12-5-8-13-9-6-12/h12-14H,2-11H2,1H3. The first kappa shape index (κ1) is 12.9. The Hall–Kier alpha value is -0.120. The monoisotopic (exact) mass is 214 g/mol. The Morgan fingerprint density at radius 1 is 1.20 bits per heavy atom. The molecule has 0 bridgehead atoms. The molecule has 1 aliphatic heterocycles. The normalized spacial score (nSPS) is 18.2. The molecule has 0 atom stereocenters. The van der Waals surface area contributed by atoms with Gasteiger partial charge in [-0.1, -0.05) is 13.3 Å². The van der Waals surface area contributed by atoms with E-state index in [1.165, 1.54) is 38.8 Å². The smallest absolute Gasteiger partial charge is 0.0478 e. The van der Waals surface area contributed by atoms with E-state index in [0.29, 0.717) is 0 Å². The zero-order valence-electron chi connectivity index (χ0n) is 10.1. The molecule has 1 saturated heterocycles. The van der Waals surface area contributed by atoms with Crippen molar-refractivity contribution in [1.29, 1.82) is 0 Å². The van der Waals surface area contributed by atoms with Gasteiger partial charge in [-0.2, -0.15) is 0 Å². The van der Waals surface area contributed by atoms with Crippen molar-refractivity contribution in [2.75, 3.05) is 32.8 Å². The molecule has 1 fully saturated rings. The van der Waals surface area contributed by atoms with Crippen LogP contribution in [0.2, 0.25) is 0 Å². The van der Waals surface area contributed by atoms with E-state index in [0.717, 1.165) is 32.2 Å². The third kappa shape index (κ3) is 6.88. The molecule has 0 aromatic heterocycles. The average Bonchev–Trinajstić information content (AvgIpc) is 2.29. The number of ether oxygens (including phenoxy) is 1. The summed E-state index contributed by atoms with van der Waals surface area (Å²) in [5.41, 5.74) is 0. The maximum absolute atomic E-state index is 5.51. The fourth-order valence-electron chi connectivity index (χ4n) is 1.85. The average molecular weight is 214 g/mol. The molecular weight excluding hydrogens is 188 g/mol. The second-order valence-corrected chi connectivity index (χ2v) is 4.30. The largest absolute Gasteiger partial charge is 0.381 e. The molecule has 0 amide bonds. The van der Waals surface area contributed by atoms with Gasteiger partial charge in [0.2, 0.25) is 0 Å². The predicted molar refractivity (Wildman–Crippen MR) is 64.2 cm³/mol. The van der Waals surface area contributed by atoms with Crippen LogP contribution in [-0.4, -0.2) is 38.9 Å². The molecule has 0 radical (unpaired) electrons. The van der Waals surface area contributed by atoms with E-state index in [2.05, 4.69) is 17.6 Å². The van der Waals surface area contributed by atoms with Crippen LogP contribution >= 0.6 is 0 Å². The second-order valence-electron chi connectivity index (χ2n) is 4.30. The zero-order chi connectivity index (χ0) is 10.8. The first-order valence-corrected chi connectivity index (χ1v) is 6.45. The van der Waals surface area contributed by atoms with E-state index in [4.69, 9.17) is 4.74 Å². The Bertz CT molecular complexity index is 136. The van der Waals surface area contributed by atoms with Gasteiger partial charge in [-0.25, -0.2) is 0 Å². The highest BCUT2D eigenvalue weighted by Gasteiger charge is 2.10. The number of hydrogen-bond donors (Lipinski definition) is 2. The van der Waals surface area contributed by atoms with Crippen molar-refractivity contribution in [1.82, 2.24) is 10.6 Å². The zero-order valence-corrected chi connectivity index (χ0v) is 10.1. The Kier molecular flexibility index (Phi) is 7.88. The van der Waals surface area contributed by atoms with E-state index in [-0.39, 0.29) is 0 Å². The summed E-state index contributed by atoms with van der Waals surface area (Å²) in [5, 5.41) is 6.97. The SMILES string of the molecule is CCCCOCCCNC1CCNCC1. The highest BCUT2D eigenvalue weighted by molar-refractivity contribution is 4.73. The van der Waals surface area contributed by atoms with Crippen LogP contribution in [0.3, 0.4) is 0 Å². The second kappa shape index (κ2) is 9.13. The van der Waals surface area contributed by atoms with Gasteiger partial charge in [0.25, 0.3) is 0 Å². The molecule has 0 aromatic rings. The Balaban J connectivity index is 1.79. The van der Waals surface area contributed by atoms with E-state index in [1.54, 1.807) is 0 Å². The summed E-state index contributed by atoms with van der Waals surface area (Å²) in [6, 6.07) is 0.738. The van der Waals surface area contributed by atoms with Crippen LogP contribution in [0.5, 0.6) is 0 Å². The van der Waals surface area contributed by atoms with Crippen LogP contribution in [0.1, 0.15) is 39.0 Å². The molecule has 3 nitrogen and oxygen atoms in total. The van der Waals surface area contributed by atoms with Gasteiger partial charge in [-0.15, -0.1) is 0 Å². The minimum Gasteiger partial charge on any atom is -0.381 e. The molecule has 1 heterocycles. The lowest BCUT2D eigenvalue weighted by Crippen LogP contribution is -2.40. The highest BCUT2D eigenvalue weighted by atomic mass is 16.5. The number of nitrogens with one attached hydrogen (secondary N) is 2. The summed E-state index contributed by atoms with van der Waals surface area (Å²) < 4.78 is 5.51. The van der Waals surface area contributed by atoms with Gasteiger partial charge in [0.15, 0.2) is 0 Å². The van der Waals surface area contributed by atoms with Crippen molar-refractivity contribution in [3.63, 3.8) is 0 Å². The van der Waals surface area contributed by atoms with E-state index < -0.39 is 0 Å². The van der Waals surface area contributed by atoms with Crippen molar-refractivity contribution in [3.8, 4) is 0 Å². The molecule has 0 saturated carbocycles. The summed E-state index contributed by atoms with van der Waals surface area (Å²) in [6.07, 6.45) is 6.12. The maximum atomic E-state index is 5.51. The summed E-state index contributed by atoms with van der Waals surface area (Å²) in [4.78, 5) is 0. The Morgan fingerprint density at radius 2 is 1.93 bits per heavy atom. The summed E-state index contributed by atoms with van der Waals surface area (Å²) in [7, 11) is 0. The molecule has 3 heteroatoms. The van der Waals surface area contributed by atoms with Crippen molar-refractivity contribution < 1.29 is 4.74 Å². The maximum Gasteiger partial charge on any atom is 0.0478 e. The fraction of sp³-hybridized carbons (Fsp3) is 1.00. The molecule has 1 aliphatic rings. The van der Waals surface area contributed by atoms with E-state index in [1.807, 2.05) is 0 Å². The molecule has 0 unspecified atom stereocenters. The van der Waals surface area contributed by atoms with Crippen LogP contribution in [0.25, 0.3) is 0 Å². The first-order valence-electron chi connectivity index (χ1n) is 6.45. The summed E-state index contributed by atoms with van der Waals surface area (Å²) >= 11 is 0. The topological polar surface area (TPSA) is 33.3 Å². The van der Waals surface area contributed by atoms with Gasteiger partial charge >= 0.3 is 0 Å². The predicted octanol–water partition coefficient (Wildman–Crippen LogP) is 1.53. The molecule has 0 aromatic carbocycles. The van der Waals surface area contributed by atoms with E-state index in [9.17, 15) is 0 Å². The molecular formula is C12H26N2O. The van der Waals surface area contributed by atoms with Gasteiger partial charge in [-0.3, -0.25) is 0 Å². The van der Waals surface area contributed by atoms with Gasteiger partial charge in [-0.05, 0) is 45.3 Å². The van der Waals surface area contributed by atoms with Gasteiger partial charge < -0.3 is 15.4 Å². The Morgan fingerprint density at radius 3 is 2.67 bits per heavy atom. The number of hydrogen-bond acceptors (Lipinski definition) is 3. The molecule has 15 heavy (non-hydrogen) atoms. The molecule has 2 N–H and O–H groups in total. The van der Waals surface area contributed by atoms with Crippen LogP contribution in [0, 0.1) is 0 Å². The van der Waals surface area contributed by atoms with Gasteiger partial charge in [0.1, 0.15) is 0 Å². The molecule has 1 rings (SSSR count). The molecule has 0 spiro atoms. The lowest BCUT2D eigenvalue weighted by molar-refractivity contribution is 0.128. The highest BCUT2D eigenvalue weighted by Crippen LogP contribution is 2.01. The quantitative estimate of drug-likeness (QED) is 0.601. The number of rotatable bonds is 8.